The third-order valence-electron chi connectivity index (χ3n) is 15.5. The van der Waals surface area contributed by atoms with Gasteiger partial charge in [0.05, 0.1) is 38.6 Å². The molecule has 0 amide bonds. The first-order chi connectivity index (χ1) is 37.4. The highest BCUT2D eigenvalue weighted by molar-refractivity contribution is 4.79. The molecule has 7 aliphatic rings. The zero-order chi connectivity index (χ0) is 57.2. The Morgan fingerprint density at radius 3 is 1.19 bits per heavy atom. The van der Waals surface area contributed by atoms with E-state index in [1.165, 1.54) is 221 Å². The van der Waals surface area contributed by atoms with Crippen LogP contribution < -0.4 is 5.32 Å². The SMILES string of the molecule is CCCN(CCO)CCO.CCCN1C(C)CCCC1C.CCCN1CC(C)OC(C)C1.CCCN1CCCC1.CCCN1CCCCC1.CCCN1CCN(C)CC1.CCCN1CCNCC1.CCCN1CCOCC1. The fourth-order valence-corrected chi connectivity index (χ4v) is 11.5. The molecule has 7 aliphatic heterocycles. The molecule has 0 saturated carbocycles. The van der Waals surface area contributed by atoms with E-state index in [2.05, 4.69) is 135 Å². The highest BCUT2D eigenvalue weighted by Crippen LogP contribution is 2.22. The molecule has 0 aromatic rings. The lowest BCUT2D eigenvalue weighted by Gasteiger charge is -2.38. The van der Waals surface area contributed by atoms with Crippen molar-refractivity contribution in [3.8, 4) is 0 Å². The summed E-state index contributed by atoms with van der Waals surface area (Å²) in [6.07, 6.45) is 22.4. The number of ether oxygens (including phenoxy) is 2. The van der Waals surface area contributed by atoms with Crippen molar-refractivity contribution in [3.63, 3.8) is 0 Å². The van der Waals surface area contributed by atoms with E-state index < -0.39 is 0 Å². The van der Waals surface area contributed by atoms with Gasteiger partial charge >= 0.3 is 0 Å². The Labute approximate surface area is 481 Å². The molecule has 14 heteroatoms. The fourth-order valence-electron chi connectivity index (χ4n) is 11.5. The van der Waals surface area contributed by atoms with Crippen LogP contribution in [0.2, 0.25) is 0 Å². The topological polar surface area (TPSA) is 100 Å². The van der Waals surface area contributed by atoms with Gasteiger partial charge in [-0.3, -0.25) is 19.6 Å². The minimum atomic E-state index is 0.181. The molecule has 7 heterocycles. The van der Waals surface area contributed by atoms with E-state index in [-0.39, 0.29) is 13.2 Å². The first-order valence-electron chi connectivity index (χ1n) is 33.0. The molecule has 0 aromatic heterocycles. The van der Waals surface area contributed by atoms with Crippen LogP contribution in [0.4, 0.5) is 0 Å². The summed E-state index contributed by atoms with van der Waals surface area (Å²) in [5, 5.41) is 20.5. The van der Waals surface area contributed by atoms with E-state index in [0.717, 1.165) is 64.4 Å². The Morgan fingerprint density at radius 1 is 0.416 bits per heavy atom. The quantitative estimate of drug-likeness (QED) is 0.108. The van der Waals surface area contributed by atoms with Crippen LogP contribution in [0.1, 0.15) is 186 Å². The van der Waals surface area contributed by atoms with Gasteiger partial charge in [-0.05, 0) is 203 Å². The maximum Gasteiger partial charge on any atom is 0.0678 e. The largest absolute Gasteiger partial charge is 0.395 e. The minimum Gasteiger partial charge on any atom is -0.395 e. The summed E-state index contributed by atoms with van der Waals surface area (Å²) in [5.74, 6) is 0. The molecule has 464 valence electrons. The predicted molar refractivity (Wildman–Crippen MR) is 335 cm³/mol. The van der Waals surface area contributed by atoms with Gasteiger partial charge in [-0.25, -0.2) is 0 Å². The Balaban J connectivity index is 0.000000859. The molecule has 0 aliphatic carbocycles. The lowest BCUT2D eigenvalue weighted by atomic mass is 9.97. The molecular formula is C63H138N10O4. The van der Waals surface area contributed by atoms with Gasteiger partial charge in [0, 0.05) is 104 Å². The molecule has 7 fully saturated rings. The molecule has 7 rings (SSSR count). The number of nitrogens with one attached hydrogen (secondary N) is 1. The first kappa shape index (κ1) is 76.4. The zero-order valence-corrected chi connectivity index (χ0v) is 54.1. The predicted octanol–water partition coefficient (Wildman–Crippen LogP) is 8.90. The van der Waals surface area contributed by atoms with E-state index >= 15 is 0 Å². The molecular weight excluding hydrogens is 961 g/mol. The molecule has 14 nitrogen and oxygen atoms in total. The number of aliphatic hydroxyl groups is 2. The van der Waals surface area contributed by atoms with Crippen LogP contribution in [0.5, 0.6) is 0 Å². The molecule has 0 radical (unpaired) electrons. The second kappa shape index (κ2) is 54.7. The van der Waals surface area contributed by atoms with Crippen molar-refractivity contribution in [1.82, 2.24) is 49.4 Å². The Morgan fingerprint density at radius 2 is 0.792 bits per heavy atom. The lowest BCUT2D eigenvalue weighted by Crippen LogP contribution is -2.45. The number of piperidine rings is 2. The van der Waals surface area contributed by atoms with Gasteiger partial charge in [0.15, 0.2) is 0 Å². The van der Waals surface area contributed by atoms with E-state index in [1.807, 2.05) is 4.90 Å². The first-order valence-corrected chi connectivity index (χ1v) is 33.0. The number of aliphatic hydroxyl groups excluding tert-OH is 2. The number of hydrogen-bond donors (Lipinski definition) is 3. The third-order valence-corrected chi connectivity index (χ3v) is 15.5. The number of rotatable bonds is 20. The van der Waals surface area contributed by atoms with E-state index in [1.54, 1.807) is 0 Å². The molecule has 0 bridgehead atoms. The highest BCUT2D eigenvalue weighted by Gasteiger charge is 2.23. The van der Waals surface area contributed by atoms with Crippen LogP contribution in [0, 0.1) is 0 Å². The monoisotopic (exact) mass is 1100 g/mol. The number of piperazine rings is 2. The van der Waals surface area contributed by atoms with Crippen LogP contribution in [0.3, 0.4) is 0 Å². The molecule has 77 heavy (non-hydrogen) atoms. The summed E-state index contributed by atoms with van der Waals surface area (Å²) in [6, 6.07) is 1.66. The van der Waals surface area contributed by atoms with E-state index in [0.29, 0.717) is 25.3 Å². The van der Waals surface area contributed by atoms with Gasteiger partial charge in [0.25, 0.3) is 0 Å². The smallest absolute Gasteiger partial charge is 0.0678 e. The number of morpholine rings is 2. The van der Waals surface area contributed by atoms with Gasteiger partial charge in [0.2, 0.25) is 0 Å². The third kappa shape index (κ3) is 43.7. The summed E-state index contributed by atoms with van der Waals surface area (Å²) in [6.45, 7) is 60.1. The number of likely N-dealkylation sites (N-methyl/N-ethyl adjacent to an activating group) is 1. The van der Waals surface area contributed by atoms with Crippen LogP contribution in [0.25, 0.3) is 0 Å². The average Bonchev–Trinajstić information content (AvgIpc) is 3.95. The number of nitrogens with zero attached hydrogens (tertiary/aromatic N) is 9. The molecule has 4 atom stereocenters. The van der Waals surface area contributed by atoms with Crippen LogP contribution >= 0.6 is 0 Å². The molecule has 0 spiro atoms. The average molecular weight is 1100 g/mol. The molecule has 0 aromatic carbocycles. The zero-order valence-electron chi connectivity index (χ0n) is 54.1. The summed E-state index contributed by atoms with van der Waals surface area (Å²) in [4.78, 5) is 22.2. The maximum atomic E-state index is 8.57. The van der Waals surface area contributed by atoms with Crippen molar-refractivity contribution < 1.29 is 19.7 Å². The maximum absolute atomic E-state index is 8.57. The van der Waals surface area contributed by atoms with E-state index in [9.17, 15) is 0 Å². The normalized spacial score (nSPS) is 24.3. The van der Waals surface area contributed by atoms with Crippen molar-refractivity contribution in [3.05, 3.63) is 0 Å². The number of hydrogen-bond acceptors (Lipinski definition) is 14. The fraction of sp³-hybridized carbons (Fsp3) is 1.00. The highest BCUT2D eigenvalue weighted by atomic mass is 16.5. The summed E-state index contributed by atoms with van der Waals surface area (Å²) < 4.78 is 10.8. The van der Waals surface area contributed by atoms with Crippen molar-refractivity contribution in [2.75, 3.05) is 204 Å². The van der Waals surface area contributed by atoms with Gasteiger partial charge in [-0.1, -0.05) is 68.2 Å². The van der Waals surface area contributed by atoms with Crippen LogP contribution in [0.15, 0.2) is 0 Å². The van der Waals surface area contributed by atoms with Crippen LogP contribution in [-0.2, 0) is 9.47 Å². The molecule has 7 saturated heterocycles. The standard InChI is InChI=1S/C10H21N.C9H19NO.C8H18N2.C8H17N.C7H16N2.C7H17NO2.C7H15NO.C7H15N/c1-4-8-11-9(2)6-5-7-10(11)3;1-4-5-10-6-8(2)11-9(3)7-10;1-3-4-10-7-5-9(2)6-8-10;1-2-6-9-7-4-3-5-8-9;1-2-5-9-6-3-8-4-7-9;1-2-3-8(4-6-9)5-7-10;1-2-3-8-4-6-9-7-5-8;1-2-5-8-6-3-4-7-8/h9-10H,4-8H2,1-3H3;8-9H,4-7H2,1-3H3;3-8H2,1-2H3;2-8H2,1H3;8H,2-7H2,1H3;9-10H,2-7H2,1H3;2-7H2,1H3;2-7H2,1H3. The Hall–Kier alpha value is -0.560. The van der Waals surface area contributed by atoms with Gasteiger partial charge in [0.1, 0.15) is 0 Å². The Kier molecular flexibility index (Phi) is 54.3. The van der Waals surface area contributed by atoms with Gasteiger partial charge < -0.3 is 49.5 Å². The Bertz CT molecular complexity index is 1080. The van der Waals surface area contributed by atoms with Gasteiger partial charge in [-0.15, -0.1) is 0 Å². The van der Waals surface area contributed by atoms with E-state index in [4.69, 9.17) is 19.7 Å². The van der Waals surface area contributed by atoms with Crippen molar-refractivity contribution >= 4 is 0 Å². The number of likely N-dealkylation sites (tertiary alicyclic amines) is 3. The second-order valence-electron chi connectivity index (χ2n) is 23.3. The summed E-state index contributed by atoms with van der Waals surface area (Å²) >= 11 is 0. The lowest BCUT2D eigenvalue weighted by molar-refractivity contribution is -0.0677. The van der Waals surface area contributed by atoms with Crippen LogP contribution in [-0.4, -0.2) is 282 Å². The van der Waals surface area contributed by atoms with Crippen molar-refractivity contribution in [1.29, 1.82) is 0 Å². The molecule has 3 N–H and O–H groups in total. The summed E-state index contributed by atoms with van der Waals surface area (Å²) in [5.41, 5.74) is 0. The van der Waals surface area contributed by atoms with Crippen molar-refractivity contribution in [2.45, 2.75) is 210 Å². The summed E-state index contributed by atoms with van der Waals surface area (Å²) in [7, 11) is 2.20. The second-order valence-corrected chi connectivity index (χ2v) is 23.3. The van der Waals surface area contributed by atoms with Crippen molar-refractivity contribution in [2.24, 2.45) is 0 Å². The van der Waals surface area contributed by atoms with Gasteiger partial charge in [-0.2, -0.15) is 0 Å². The molecule has 4 unspecified atom stereocenters. The minimum absolute atomic E-state index is 0.181.